The summed E-state index contributed by atoms with van der Waals surface area (Å²) in [7, 11) is 1.56. The van der Waals surface area contributed by atoms with Gasteiger partial charge < -0.3 is 20.7 Å². The van der Waals surface area contributed by atoms with Gasteiger partial charge in [0.05, 0.1) is 12.9 Å². The number of carbonyl (C=O) groups is 3. The van der Waals surface area contributed by atoms with Crippen LogP contribution in [-0.4, -0.2) is 46.2 Å². The van der Waals surface area contributed by atoms with Gasteiger partial charge in [-0.05, 0) is 24.3 Å². The van der Waals surface area contributed by atoms with Crippen molar-refractivity contribution < 1.29 is 19.1 Å². The lowest BCUT2D eigenvalue weighted by Gasteiger charge is -2.08. The molecular formula is C15H15N5O4S2. The Labute approximate surface area is 157 Å². The summed E-state index contributed by atoms with van der Waals surface area (Å²) in [6.45, 7) is 0. The van der Waals surface area contributed by atoms with Crippen molar-refractivity contribution in [2.24, 2.45) is 10.2 Å². The Morgan fingerprint density at radius 2 is 2.04 bits per heavy atom. The first kappa shape index (κ1) is 18.3. The number of amidine groups is 2. The average molecular weight is 393 g/mol. The molecule has 11 heteroatoms. The molecule has 0 radical (unpaired) electrons. The van der Waals surface area contributed by atoms with E-state index < -0.39 is 5.25 Å². The molecule has 0 saturated carbocycles. The Morgan fingerprint density at radius 3 is 2.69 bits per heavy atom. The molecule has 9 nitrogen and oxygen atoms in total. The van der Waals surface area contributed by atoms with Crippen LogP contribution in [0.3, 0.4) is 0 Å². The van der Waals surface area contributed by atoms with Crippen molar-refractivity contribution in [3.63, 3.8) is 0 Å². The molecule has 0 spiro atoms. The summed E-state index contributed by atoms with van der Waals surface area (Å²) in [5.41, 5.74) is 0.619. The third-order valence-corrected chi connectivity index (χ3v) is 5.22. The second kappa shape index (κ2) is 8.23. The first-order valence-corrected chi connectivity index (χ1v) is 9.40. The number of thioether (sulfide) groups is 2. The number of nitrogens with zero attached hydrogens (tertiary/aromatic N) is 2. The van der Waals surface area contributed by atoms with E-state index in [0.29, 0.717) is 28.2 Å². The minimum atomic E-state index is -0.584. The third kappa shape index (κ3) is 4.76. The quantitative estimate of drug-likeness (QED) is 0.650. The molecule has 1 aromatic rings. The molecule has 2 saturated heterocycles. The smallest absolute Gasteiger partial charge is 0.284 e. The Kier molecular flexibility index (Phi) is 5.78. The first-order valence-electron chi connectivity index (χ1n) is 7.53. The third-order valence-electron chi connectivity index (χ3n) is 3.37. The number of hydrogen-bond donors (Lipinski definition) is 3. The number of nitrogens with one attached hydrogen (secondary N) is 3. The van der Waals surface area contributed by atoms with E-state index in [1.807, 2.05) is 0 Å². The molecule has 3 rings (SSSR count). The highest BCUT2D eigenvalue weighted by Crippen LogP contribution is 2.23. The summed E-state index contributed by atoms with van der Waals surface area (Å²) in [5.74, 6) is 0.955. The summed E-state index contributed by atoms with van der Waals surface area (Å²) < 4.78 is 5.06. The van der Waals surface area contributed by atoms with Crippen molar-refractivity contribution in [1.82, 2.24) is 10.6 Å². The second-order valence-electron chi connectivity index (χ2n) is 5.23. The minimum Gasteiger partial charge on any atom is -0.497 e. The van der Waals surface area contributed by atoms with Crippen LogP contribution in [0.5, 0.6) is 5.75 Å². The molecular weight excluding hydrogens is 378 g/mol. The van der Waals surface area contributed by atoms with Crippen molar-refractivity contribution in [2.45, 2.75) is 11.7 Å². The zero-order chi connectivity index (χ0) is 18.5. The van der Waals surface area contributed by atoms with Gasteiger partial charge in [-0.25, -0.2) is 0 Å². The number of hydrogen-bond acceptors (Lipinski definition) is 8. The summed E-state index contributed by atoms with van der Waals surface area (Å²) in [6, 6.07) is 6.90. The highest BCUT2D eigenvalue weighted by Gasteiger charge is 2.32. The molecule has 0 unspecified atom stereocenters. The predicted octanol–water partition coefficient (Wildman–Crippen LogP) is 1.38. The number of amides is 3. The fourth-order valence-electron chi connectivity index (χ4n) is 2.12. The molecule has 26 heavy (non-hydrogen) atoms. The van der Waals surface area contributed by atoms with Gasteiger partial charge in [-0.2, -0.15) is 0 Å². The molecule has 0 bridgehead atoms. The van der Waals surface area contributed by atoms with Gasteiger partial charge in [-0.1, -0.05) is 23.5 Å². The summed E-state index contributed by atoms with van der Waals surface area (Å²) in [5, 5.41) is 15.2. The van der Waals surface area contributed by atoms with Gasteiger partial charge in [-0.3, -0.25) is 14.4 Å². The van der Waals surface area contributed by atoms with E-state index in [1.165, 1.54) is 0 Å². The summed E-state index contributed by atoms with van der Waals surface area (Å²) >= 11 is 2.23. The van der Waals surface area contributed by atoms with Crippen LogP contribution in [0.2, 0.25) is 0 Å². The Morgan fingerprint density at radius 1 is 1.27 bits per heavy atom. The Bertz CT molecular complexity index is 794. The van der Waals surface area contributed by atoms with Crippen LogP contribution in [0.1, 0.15) is 6.42 Å². The zero-order valence-electron chi connectivity index (χ0n) is 13.6. The monoisotopic (exact) mass is 393 g/mol. The fourth-order valence-corrected chi connectivity index (χ4v) is 3.63. The van der Waals surface area contributed by atoms with E-state index >= 15 is 0 Å². The van der Waals surface area contributed by atoms with Crippen LogP contribution in [0.25, 0.3) is 0 Å². The van der Waals surface area contributed by atoms with E-state index in [1.54, 1.807) is 31.4 Å². The normalized spacial score (nSPS) is 22.4. The van der Waals surface area contributed by atoms with Crippen LogP contribution in [0.4, 0.5) is 10.5 Å². The molecule has 1 atom stereocenters. The number of ether oxygens (including phenoxy) is 1. The first-order chi connectivity index (χ1) is 12.5. The van der Waals surface area contributed by atoms with Crippen molar-refractivity contribution in [2.75, 3.05) is 18.2 Å². The molecule has 0 aliphatic carbocycles. The van der Waals surface area contributed by atoms with E-state index in [4.69, 9.17) is 4.74 Å². The SMILES string of the molecule is COc1ccc(NC(=O)C[C@H]2S/C(=N/N=C3/CSC(=O)N3)NC2=O)cc1. The van der Waals surface area contributed by atoms with Crippen LogP contribution in [0, 0.1) is 0 Å². The number of rotatable bonds is 5. The summed E-state index contributed by atoms with van der Waals surface area (Å²) in [6.07, 6.45) is 0.00467. The Balaban J connectivity index is 1.53. The minimum absolute atomic E-state index is 0.00467. The van der Waals surface area contributed by atoms with Crippen molar-refractivity contribution in [3.8, 4) is 5.75 Å². The number of methoxy groups -OCH3 is 1. The van der Waals surface area contributed by atoms with Crippen molar-refractivity contribution >= 4 is 57.3 Å². The average Bonchev–Trinajstić information content (AvgIpc) is 3.19. The van der Waals surface area contributed by atoms with E-state index in [9.17, 15) is 14.4 Å². The largest absolute Gasteiger partial charge is 0.497 e. The molecule has 2 aliphatic heterocycles. The van der Waals surface area contributed by atoms with Crippen LogP contribution < -0.4 is 20.7 Å². The van der Waals surface area contributed by atoms with Gasteiger partial charge in [0.1, 0.15) is 16.8 Å². The molecule has 136 valence electrons. The van der Waals surface area contributed by atoms with Gasteiger partial charge in [0.2, 0.25) is 11.8 Å². The van der Waals surface area contributed by atoms with E-state index in [-0.39, 0.29) is 23.5 Å². The zero-order valence-corrected chi connectivity index (χ0v) is 15.3. The van der Waals surface area contributed by atoms with Gasteiger partial charge >= 0.3 is 0 Å². The maximum absolute atomic E-state index is 12.1. The highest BCUT2D eigenvalue weighted by molar-refractivity contribution is 8.15. The highest BCUT2D eigenvalue weighted by atomic mass is 32.2. The Hall–Kier alpha value is -2.53. The second-order valence-corrected chi connectivity index (χ2v) is 7.37. The molecule has 1 aromatic carbocycles. The van der Waals surface area contributed by atoms with Gasteiger partial charge in [0.15, 0.2) is 5.17 Å². The summed E-state index contributed by atoms with van der Waals surface area (Å²) in [4.78, 5) is 35.2. The topological polar surface area (TPSA) is 121 Å². The van der Waals surface area contributed by atoms with E-state index in [2.05, 4.69) is 26.2 Å². The number of anilines is 1. The lowest BCUT2D eigenvalue weighted by atomic mass is 10.2. The molecule has 2 aliphatic rings. The van der Waals surface area contributed by atoms with Crippen molar-refractivity contribution in [1.29, 1.82) is 0 Å². The maximum Gasteiger partial charge on any atom is 0.284 e. The molecule has 0 aromatic heterocycles. The van der Waals surface area contributed by atoms with Gasteiger partial charge in [0, 0.05) is 12.1 Å². The number of carbonyl (C=O) groups excluding carboxylic acids is 3. The van der Waals surface area contributed by atoms with Crippen molar-refractivity contribution in [3.05, 3.63) is 24.3 Å². The van der Waals surface area contributed by atoms with E-state index in [0.717, 1.165) is 23.5 Å². The fraction of sp³-hybridized carbons (Fsp3) is 0.267. The molecule has 3 N–H and O–H groups in total. The van der Waals surface area contributed by atoms with Gasteiger partial charge in [0.25, 0.3) is 5.24 Å². The molecule has 2 fully saturated rings. The number of benzene rings is 1. The molecule has 2 heterocycles. The maximum atomic E-state index is 12.1. The van der Waals surface area contributed by atoms with Crippen LogP contribution >= 0.6 is 23.5 Å². The predicted molar refractivity (Wildman–Crippen MR) is 102 cm³/mol. The lowest BCUT2D eigenvalue weighted by Crippen LogP contribution is -2.28. The van der Waals surface area contributed by atoms with Crippen LogP contribution in [0.15, 0.2) is 34.5 Å². The van der Waals surface area contributed by atoms with Gasteiger partial charge in [-0.15, -0.1) is 10.2 Å². The van der Waals surface area contributed by atoms with Crippen LogP contribution in [-0.2, 0) is 9.59 Å². The molecule has 3 amide bonds. The lowest BCUT2D eigenvalue weighted by molar-refractivity contribution is -0.122. The standard InChI is InChI=1S/C15H15N5O4S2/c1-24-9-4-2-8(3-5-9)16-12(21)6-10-13(22)18-14(26-10)20-19-11-7-25-15(23)17-11/h2-5,10H,6-7H2,1H3,(H,16,21)(H,17,19,23)(H,18,20,22)/t10-/m1/s1.